The highest BCUT2D eigenvalue weighted by atomic mass is 19.1. The summed E-state index contributed by atoms with van der Waals surface area (Å²) >= 11 is 0. The predicted molar refractivity (Wildman–Crippen MR) is 105 cm³/mol. The minimum Gasteiger partial charge on any atom is -0.459 e. The second-order valence-corrected chi connectivity index (χ2v) is 7.81. The number of ether oxygens (including phenoxy) is 2. The minimum absolute atomic E-state index is 0.0914. The molecule has 29 heavy (non-hydrogen) atoms. The van der Waals surface area contributed by atoms with E-state index in [1.165, 1.54) is 6.92 Å². The standard InChI is InChI=1S/C21H31FN2O5/c1-6-8-15(9-7-2)18(26)10-17-16(22)11-24(21(27)23-17)20-12(3)19(13(4)28-20)29-14(5)25/h11-13,15,19-20H,6-10H2,1-5H3/t12-,13-,19+,20-/m1/s1. The van der Waals surface area contributed by atoms with E-state index in [2.05, 4.69) is 4.98 Å². The molecule has 0 bridgehead atoms. The van der Waals surface area contributed by atoms with Crippen molar-refractivity contribution in [3.63, 3.8) is 0 Å². The number of halogens is 1. The number of ketones is 1. The van der Waals surface area contributed by atoms with E-state index in [1.54, 1.807) is 13.8 Å². The molecule has 1 aliphatic rings. The predicted octanol–water partition coefficient (Wildman–Crippen LogP) is 3.20. The molecule has 2 rings (SSSR count). The Kier molecular flexibility index (Phi) is 8.07. The minimum atomic E-state index is -0.804. The maximum absolute atomic E-state index is 14.7. The van der Waals surface area contributed by atoms with Gasteiger partial charge in [-0.1, -0.05) is 33.6 Å². The van der Waals surface area contributed by atoms with Gasteiger partial charge < -0.3 is 9.47 Å². The van der Waals surface area contributed by atoms with Crippen LogP contribution in [0.25, 0.3) is 0 Å². The maximum atomic E-state index is 14.7. The quantitative estimate of drug-likeness (QED) is 0.581. The molecule has 0 unspecified atom stereocenters. The van der Waals surface area contributed by atoms with Gasteiger partial charge in [0.15, 0.2) is 5.82 Å². The number of hydrogen-bond donors (Lipinski definition) is 0. The van der Waals surface area contributed by atoms with E-state index < -0.39 is 35.9 Å². The normalized spacial score (nSPS) is 24.1. The first-order valence-electron chi connectivity index (χ1n) is 10.3. The first kappa shape index (κ1) is 23.2. The fourth-order valence-electron chi connectivity index (χ4n) is 3.98. The Morgan fingerprint density at radius 2 is 1.90 bits per heavy atom. The Morgan fingerprint density at radius 3 is 2.45 bits per heavy atom. The van der Waals surface area contributed by atoms with Crippen molar-refractivity contribution in [2.45, 2.75) is 85.2 Å². The average Bonchev–Trinajstić information content (AvgIpc) is 2.91. The van der Waals surface area contributed by atoms with Gasteiger partial charge in [-0.3, -0.25) is 14.2 Å². The summed E-state index contributed by atoms with van der Waals surface area (Å²) < 4.78 is 26.8. The number of Topliss-reactive ketones (excluding diaryl/α,β-unsaturated/α-hetero) is 1. The number of aromatic nitrogens is 2. The van der Waals surface area contributed by atoms with Crippen LogP contribution in [0.2, 0.25) is 0 Å². The highest BCUT2D eigenvalue weighted by molar-refractivity contribution is 5.82. The Labute approximate surface area is 170 Å². The molecule has 2 heterocycles. The fraction of sp³-hybridized carbons (Fsp3) is 0.714. The van der Waals surface area contributed by atoms with Crippen molar-refractivity contribution in [1.82, 2.24) is 9.55 Å². The van der Waals surface area contributed by atoms with E-state index in [0.717, 1.165) is 36.4 Å². The van der Waals surface area contributed by atoms with Gasteiger partial charge >= 0.3 is 11.7 Å². The van der Waals surface area contributed by atoms with E-state index >= 15 is 0 Å². The third-order valence-electron chi connectivity index (χ3n) is 5.41. The number of esters is 1. The van der Waals surface area contributed by atoms with Crippen LogP contribution in [0.4, 0.5) is 4.39 Å². The first-order valence-corrected chi connectivity index (χ1v) is 10.3. The molecular formula is C21H31FN2O5. The van der Waals surface area contributed by atoms with Crippen molar-refractivity contribution in [3.8, 4) is 0 Å². The van der Waals surface area contributed by atoms with Gasteiger partial charge in [-0.05, 0) is 19.8 Å². The van der Waals surface area contributed by atoms with Crippen molar-refractivity contribution in [2.75, 3.05) is 0 Å². The van der Waals surface area contributed by atoms with Gasteiger partial charge in [-0.15, -0.1) is 0 Å². The molecule has 0 N–H and O–H groups in total. The Morgan fingerprint density at radius 1 is 1.28 bits per heavy atom. The molecule has 162 valence electrons. The fourth-order valence-corrected chi connectivity index (χ4v) is 3.98. The molecule has 8 heteroatoms. The summed E-state index contributed by atoms with van der Waals surface area (Å²) in [5, 5.41) is 0. The zero-order valence-electron chi connectivity index (χ0n) is 17.8. The Hall–Kier alpha value is -2.09. The van der Waals surface area contributed by atoms with Crippen LogP contribution in [-0.2, 0) is 25.5 Å². The maximum Gasteiger partial charge on any atom is 0.350 e. The van der Waals surface area contributed by atoms with E-state index in [9.17, 15) is 18.8 Å². The van der Waals surface area contributed by atoms with Gasteiger partial charge in [0.25, 0.3) is 0 Å². The molecule has 0 saturated carbocycles. The topological polar surface area (TPSA) is 87.5 Å². The highest BCUT2D eigenvalue weighted by Crippen LogP contribution is 2.35. The van der Waals surface area contributed by atoms with Crippen LogP contribution in [0.5, 0.6) is 0 Å². The van der Waals surface area contributed by atoms with Crippen LogP contribution in [0, 0.1) is 17.7 Å². The molecule has 4 atom stereocenters. The summed E-state index contributed by atoms with van der Waals surface area (Å²) in [6.07, 6.45) is 2.27. The van der Waals surface area contributed by atoms with E-state index in [0.29, 0.717) is 0 Å². The summed E-state index contributed by atoms with van der Waals surface area (Å²) in [4.78, 5) is 40.2. The van der Waals surface area contributed by atoms with Crippen LogP contribution in [0.1, 0.15) is 72.2 Å². The van der Waals surface area contributed by atoms with Crippen LogP contribution in [0.3, 0.4) is 0 Å². The zero-order chi connectivity index (χ0) is 21.7. The van der Waals surface area contributed by atoms with Gasteiger partial charge in [-0.25, -0.2) is 9.18 Å². The summed E-state index contributed by atoms with van der Waals surface area (Å²) in [6.45, 7) is 8.80. The number of carbonyl (C=O) groups excluding carboxylic acids is 2. The van der Waals surface area contributed by atoms with Crippen LogP contribution >= 0.6 is 0 Å². The van der Waals surface area contributed by atoms with Gasteiger partial charge in [0.1, 0.15) is 18.1 Å². The summed E-state index contributed by atoms with van der Waals surface area (Å²) in [6, 6.07) is 0. The number of rotatable bonds is 9. The molecule has 1 aromatic rings. The van der Waals surface area contributed by atoms with Crippen LogP contribution in [-0.4, -0.2) is 33.5 Å². The molecule has 0 amide bonds. The lowest BCUT2D eigenvalue weighted by atomic mass is 9.91. The van der Waals surface area contributed by atoms with E-state index in [1.807, 2.05) is 13.8 Å². The zero-order valence-corrected chi connectivity index (χ0v) is 17.8. The second-order valence-electron chi connectivity index (χ2n) is 7.81. The molecule has 1 fully saturated rings. The lowest BCUT2D eigenvalue weighted by Crippen LogP contribution is -2.33. The van der Waals surface area contributed by atoms with Crippen molar-refractivity contribution in [3.05, 3.63) is 28.2 Å². The Bertz CT molecular complexity index is 788. The molecule has 1 aromatic heterocycles. The molecule has 0 aromatic carbocycles. The molecule has 0 aliphatic carbocycles. The summed E-state index contributed by atoms with van der Waals surface area (Å²) in [5.74, 6) is -1.76. The number of nitrogens with zero attached hydrogens (tertiary/aromatic N) is 2. The summed E-state index contributed by atoms with van der Waals surface area (Å²) in [7, 11) is 0. The molecular weight excluding hydrogens is 379 g/mol. The molecule has 1 saturated heterocycles. The Balaban J connectivity index is 2.22. The third-order valence-corrected chi connectivity index (χ3v) is 5.41. The second kappa shape index (κ2) is 10.1. The number of hydrogen-bond acceptors (Lipinski definition) is 6. The molecule has 0 spiro atoms. The average molecular weight is 410 g/mol. The van der Waals surface area contributed by atoms with Crippen LogP contribution in [0.15, 0.2) is 11.0 Å². The van der Waals surface area contributed by atoms with Crippen molar-refractivity contribution in [1.29, 1.82) is 0 Å². The van der Waals surface area contributed by atoms with Gasteiger partial charge in [0.2, 0.25) is 0 Å². The van der Waals surface area contributed by atoms with E-state index in [-0.39, 0.29) is 29.7 Å². The van der Waals surface area contributed by atoms with Crippen molar-refractivity contribution in [2.24, 2.45) is 11.8 Å². The largest absolute Gasteiger partial charge is 0.459 e. The third kappa shape index (κ3) is 5.50. The van der Waals surface area contributed by atoms with Gasteiger partial charge in [0, 0.05) is 25.0 Å². The van der Waals surface area contributed by atoms with Crippen molar-refractivity contribution < 1.29 is 23.5 Å². The smallest absolute Gasteiger partial charge is 0.350 e. The van der Waals surface area contributed by atoms with Gasteiger partial charge in [0.05, 0.1) is 18.2 Å². The van der Waals surface area contributed by atoms with Crippen LogP contribution < -0.4 is 5.69 Å². The summed E-state index contributed by atoms with van der Waals surface area (Å²) in [5.41, 5.74) is -0.826. The van der Waals surface area contributed by atoms with Crippen molar-refractivity contribution >= 4 is 11.8 Å². The highest BCUT2D eigenvalue weighted by Gasteiger charge is 2.43. The van der Waals surface area contributed by atoms with Gasteiger partial charge in [-0.2, -0.15) is 4.98 Å². The molecule has 1 aliphatic heterocycles. The lowest BCUT2D eigenvalue weighted by molar-refractivity contribution is -0.150. The monoisotopic (exact) mass is 410 g/mol. The SMILES string of the molecule is CCCC(CCC)C(=O)Cc1nc(=O)n([C@@H]2O[C@H](C)[C@@H](OC(C)=O)[C@H]2C)cc1F. The first-order chi connectivity index (χ1) is 13.7. The molecule has 0 radical (unpaired) electrons. The lowest BCUT2D eigenvalue weighted by Gasteiger charge is -2.20. The number of carbonyl (C=O) groups is 2. The van der Waals surface area contributed by atoms with E-state index in [4.69, 9.17) is 9.47 Å². The molecule has 7 nitrogen and oxygen atoms in total.